The molecule has 1 atom stereocenters. The molecule has 0 fully saturated rings. The fourth-order valence-electron chi connectivity index (χ4n) is 2.24. The van der Waals surface area contributed by atoms with E-state index in [-0.39, 0.29) is 59.1 Å². The maximum atomic E-state index is 10.5. The molecule has 0 aromatic heterocycles. The smallest absolute Gasteiger partial charge is 0.788 e. The maximum Gasteiger partial charge on any atom is 1.00 e. The van der Waals surface area contributed by atoms with Gasteiger partial charge >= 0.3 is 59.1 Å². The van der Waals surface area contributed by atoms with Gasteiger partial charge in [-0.25, -0.2) is 9.56 Å². The van der Waals surface area contributed by atoms with Gasteiger partial charge in [0.05, 0.1) is 5.60 Å². The second-order valence-electron chi connectivity index (χ2n) is 6.89. The Balaban J connectivity index is -0.00000242. The first-order chi connectivity index (χ1) is 10.6. The molecular formula is C16H33Na2O6P. The molecule has 0 aliphatic rings. The average Bonchev–Trinajstić information content (AvgIpc) is 2.40. The molecule has 140 valence electrons. The van der Waals surface area contributed by atoms with E-state index < -0.39 is 19.7 Å². The number of ether oxygens (including phenoxy) is 1. The molecule has 0 aliphatic heterocycles. The number of unbranched alkanes of at least 4 members (excludes halogenated alkanes) is 8. The Morgan fingerprint density at radius 1 is 0.880 bits per heavy atom. The minimum atomic E-state index is -5.15. The van der Waals surface area contributed by atoms with Crippen LogP contribution in [0.5, 0.6) is 0 Å². The zero-order chi connectivity index (χ0) is 17.8. The van der Waals surface area contributed by atoms with Gasteiger partial charge in [-0.2, -0.15) is 0 Å². The van der Waals surface area contributed by atoms with Gasteiger partial charge in [-0.1, -0.05) is 58.3 Å². The third-order valence-electron chi connectivity index (χ3n) is 3.27. The summed E-state index contributed by atoms with van der Waals surface area (Å²) in [6.45, 7) is 7.69. The Morgan fingerprint density at radius 3 is 1.72 bits per heavy atom. The average molecular weight is 398 g/mol. The molecule has 6 nitrogen and oxygen atoms in total. The summed E-state index contributed by atoms with van der Waals surface area (Å²) < 4.78 is 19.9. The molecular weight excluding hydrogens is 365 g/mol. The van der Waals surface area contributed by atoms with Gasteiger partial charge < -0.3 is 19.1 Å². The molecule has 0 aliphatic carbocycles. The molecule has 1 unspecified atom stereocenters. The molecule has 0 saturated carbocycles. The van der Waals surface area contributed by atoms with E-state index in [9.17, 15) is 14.4 Å². The molecule has 0 radical (unpaired) electrons. The van der Waals surface area contributed by atoms with Gasteiger partial charge in [-0.15, -0.1) is 0 Å². The summed E-state index contributed by atoms with van der Waals surface area (Å²) in [5.41, 5.74) is -0.511. The molecule has 0 spiro atoms. The van der Waals surface area contributed by atoms with Crippen molar-refractivity contribution in [2.24, 2.45) is 0 Å². The number of hydrogen-bond acceptors (Lipinski definition) is 6. The van der Waals surface area contributed by atoms with Crippen LogP contribution in [-0.4, -0.2) is 11.9 Å². The Hall–Kier alpha value is 2.03. The maximum absolute atomic E-state index is 10.5. The first-order valence-electron chi connectivity index (χ1n) is 8.69. The third-order valence-corrected chi connectivity index (χ3v) is 3.54. The van der Waals surface area contributed by atoms with Crippen LogP contribution in [0.2, 0.25) is 0 Å². The second-order valence-corrected chi connectivity index (χ2v) is 7.94. The number of hydrogen-bond donors (Lipinski definition) is 0. The minimum Gasteiger partial charge on any atom is -0.788 e. The van der Waals surface area contributed by atoms with E-state index in [0.29, 0.717) is 6.42 Å². The Labute approximate surface area is 197 Å². The Morgan fingerprint density at radius 2 is 1.32 bits per heavy atom. The van der Waals surface area contributed by atoms with Crippen LogP contribution >= 0.6 is 7.82 Å². The first kappa shape index (κ1) is 31.7. The molecule has 0 N–H and O–H groups in total. The molecule has 9 heteroatoms. The van der Waals surface area contributed by atoms with Crippen LogP contribution in [-0.2, 0) is 18.9 Å². The quantitative estimate of drug-likeness (QED) is 0.0827. The minimum absolute atomic E-state index is 0. The zero-order valence-corrected chi connectivity index (χ0v) is 21.9. The van der Waals surface area contributed by atoms with Crippen molar-refractivity contribution in [3.63, 3.8) is 0 Å². The van der Waals surface area contributed by atoms with Gasteiger partial charge in [-0.3, -0.25) is 0 Å². The predicted octanol–water partition coefficient (Wildman–Crippen LogP) is -2.17. The topological polar surface area (TPSA) is 90.9 Å². The standard InChI is InChI=1S/C16H35O6P.2Na/c1-5-6-7-8-9-10-11-12-13-14-15(20-16(2,3)4)21-22-23(17,18)19;;/h15H,5-14H2,1-4H3,(H2,17,18,19);;/q;2*+1/p-2. The van der Waals surface area contributed by atoms with E-state index in [4.69, 9.17) is 4.74 Å². The number of phosphoric acid groups is 1. The molecule has 0 heterocycles. The summed E-state index contributed by atoms with van der Waals surface area (Å²) in [7, 11) is -5.15. The van der Waals surface area contributed by atoms with Gasteiger partial charge in [0, 0.05) is 6.42 Å². The van der Waals surface area contributed by atoms with Gasteiger partial charge in [0.15, 0.2) is 6.29 Å². The van der Waals surface area contributed by atoms with Crippen molar-refractivity contribution >= 4 is 7.82 Å². The van der Waals surface area contributed by atoms with E-state index in [1.165, 1.54) is 38.5 Å². The summed E-state index contributed by atoms with van der Waals surface area (Å²) >= 11 is 0. The first-order valence-corrected chi connectivity index (χ1v) is 10.1. The normalized spacial score (nSPS) is 13.0. The van der Waals surface area contributed by atoms with Crippen molar-refractivity contribution in [1.29, 1.82) is 0 Å². The van der Waals surface area contributed by atoms with Crippen molar-refractivity contribution in [3.8, 4) is 0 Å². The van der Waals surface area contributed by atoms with E-state index in [1.807, 2.05) is 20.8 Å². The van der Waals surface area contributed by atoms with E-state index in [2.05, 4.69) is 16.5 Å². The van der Waals surface area contributed by atoms with Crippen LogP contribution in [0.15, 0.2) is 0 Å². The summed E-state index contributed by atoms with van der Waals surface area (Å²) in [6.07, 6.45) is 10.3. The molecule has 0 rings (SSSR count). The summed E-state index contributed by atoms with van der Waals surface area (Å²) in [5.74, 6) is 0. The van der Waals surface area contributed by atoms with Crippen LogP contribution in [0.4, 0.5) is 0 Å². The van der Waals surface area contributed by atoms with E-state index in [0.717, 1.165) is 19.3 Å². The Bertz CT molecular complexity index is 333. The molecule has 0 saturated heterocycles. The van der Waals surface area contributed by atoms with Gasteiger partial charge in [0.2, 0.25) is 0 Å². The largest absolute Gasteiger partial charge is 1.00 e. The van der Waals surface area contributed by atoms with Crippen LogP contribution in [0.25, 0.3) is 0 Å². The van der Waals surface area contributed by atoms with E-state index in [1.54, 1.807) is 0 Å². The molecule has 0 bridgehead atoms. The Kier molecular flexibility index (Phi) is 22.9. The van der Waals surface area contributed by atoms with Crippen molar-refractivity contribution in [1.82, 2.24) is 0 Å². The fraction of sp³-hybridized carbons (Fsp3) is 1.00. The predicted molar refractivity (Wildman–Crippen MR) is 86.2 cm³/mol. The van der Waals surface area contributed by atoms with Crippen molar-refractivity contribution in [2.45, 2.75) is 104 Å². The zero-order valence-electron chi connectivity index (χ0n) is 17.0. The summed E-state index contributed by atoms with van der Waals surface area (Å²) in [4.78, 5) is 25.6. The molecule has 0 amide bonds. The van der Waals surface area contributed by atoms with Crippen molar-refractivity contribution in [2.75, 3.05) is 0 Å². The van der Waals surface area contributed by atoms with Crippen LogP contribution < -0.4 is 68.9 Å². The number of rotatable bonds is 14. The summed E-state index contributed by atoms with van der Waals surface area (Å²) in [5, 5.41) is 0. The molecule has 0 aromatic rings. The van der Waals surface area contributed by atoms with Crippen LogP contribution in [0, 0.1) is 0 Å². The third kappa shape index (κ3) is 26.0. The fourth-order valence-corrected chi connectivity index (χ4v) is 2.44. The molecule has 25 heavy (non-hydrogen) atoms. The van der Waals surface area contributed by atoms with Crippen molar-refractivity contribution in [3.05, 3.63) is 0 Å². The molecule has 0 aromatic carbocycles. The second kappa shape index (κ2) is 18.1. The SMILES string of the molecule is CCCCCCCCCCCC(OOP(=O)([O-])[O-])OC(C)(C)C.[Na+].[Na+]. The van der Waals surface area contributed by atoms with Gasteiger partial charge in [0.1, 0.15) is 7.82 Å². The van der Waals surface area contributed by atoms with Gasteiger partial charge in [0.25, 0.3) is 0 Å². The van der Waals surface area contributed by atoms with Crippen LogP contribution in [0.1, 0.15) is 91.9 Å². The van der Waals surface area contributed by atoms with E-state index >= 15 is 0 Å². The van der Waals surface area contributed by atoms with Crippen LogP contribution in [0.3, 0.4) is 0 Å². The summed E-state index contributed by atoms with van der Waals surface area (Å²) in [6, 6.07) is 0. The van der Waals surface area contributed by atoms with Crippen molar-refractivity contribution < 1.29 is 87.8 Å². The van der Waals surface area contributed by atoms with Gasteiger partial charge in [-0.05, 0) is 27.2 Å². The monoisotopic (exact) mass is 398 g/mol.